The largest absolute Gasteiger partial charge is 0.361 e. The second-order valence-corrected chi connectivity index (χ2v) is 6.85. The van der Waals surface area contributed by atoms with Crippen LogP contribution in [0, 0.1) is 13.8 Å². The van der Waals surface area contributed by atoms with Crippen LogP contribution in [0.15, 0.2) is 34.9 Å². The molecule has 1 atom stereocenters. The van der Waals surface area contributed by atoms with E-state index in [9.17, 15) is 4.79 Å². The molecule has 1 unspecified atom stereocenters. The molecule has 126 valence electrons. The third-order valence-electron chi connectivity index (χ3n) is 5.17. The van der Waals surface area contributed by atoms with Crippen molar-refractivity contribution in [1.29, 1.82) is 0 Å². The number of hydrogen-bond donors (Lipinski definition) is 0. The highest BCUT2D eigenvalue weighted by molar-refractivity contribution is 5.96. The van der Waals surface area contributed by atoms with Crippen LogP contribution in [0.4, 0.5) is 0 Å². The summed E-state index contributed by atoms with van der Waals surface area (Å²) >= 11 is 0. The molecule has 1 aliphatic carbocycles. The van der Waals surface area contributed by atoms with Gasteiger partial charge in [0, 0.05) is 25.7 Å². The van der Waals surface area contributed by atoms with E-state index in [-0.39, 0.29) is 11.9 Å². The second-order valence-electron chi connectivity index (χ2n) is 6.85. The van der Waals surface area contributed by atoms with Crippen LogP contribution in [-0.4, -0.2) is 46.5 Å². The van der Waals surface area contributed by atoms with Gasteiger partial charge in [0.25, 0.3) is 5.91 Å². The highest BCUT2D eigenvalue weighted by Crippen LogP contribution is 2.34. The lowest BCUT2D eigenvalue weighted by molar-refractivity contribution is 0.0431. The fourth-order valence-electron chi connectivity index (χ4n) is 3.71. The Hall–Kier alpha value is -2.14. The maximum absolute atomic E-state index is 13.2. The average Bonchev–Trinajstić information content (AvgIpc) is 3.40. The summed E-state index contributed by atoms with van der Waals surface area (Å²) in [5.74, 6) is 0.643. The van der Waals surface area contributed by atoms with E-state index in [4.69, 9.17) is 4.52 Å². The van der Waals surface area contributed by atoms with Crippen LogP contribution in [0.25, 0.3) is 0 Å². The van der Waals surface area contributed by atoms with Gasteiger partial charge in [-0.25, -0.2) is 0 Å². The van der Waals surface area contributed by atoms with E-state index >= 15 is 0 Å². The summed E-state index contributed by atoms with van der Waals surface area (Å²) in [6, 6.07) is 11.2. The summed E-state index contributed by atoms with van der Waals surface area (Å²) in [5, 5.41) is 3.95. The van der Waals surface area contributed by atoms with Crippen molar-refractivity contribution >= 4 is 5.91 Å². The molecule has 24 heavy (non-hydrogen) atoms. The number of carbonyl (C=O) groups is 1. The monoisotopic (exact) mass is 325 g/mol. The van der Waals surface area contributed by atoms with Gasteiger partial charge in [-0.1, -0.05) is 35.5 Å². The van der Waals surface area contributed by atoms with Crippen molar-refractivity contribution in [1.82, 2.24) is 15.0 Å². The molecule has 0 radical (unpaired) electrons. The van der Waals surface area contributed by atoms with Crippen LogP contribution < -0.4 is 0 Å². The zero-order chi connectivity index (χ0) is 16.7. The van der Waals surface area contributed by atoms with E-state index in [0.717, 1.165) is 19.6 Å². The summed E-state index contributed by atoms with van der Waals surface area (Å²) in [6.07, 6.45) is 2.58. The minimum absolute atomic E-state index is 0.0375. The molecule has 0 N–H and O–H groups in total. The third-order valence-corrected chi connectivity index (χ3v) is 5.17. The number of piperazine rings is 1. The van der Waals surface area contributed by atoms with Gasteiger partial charge >= 0.3 is 0 Å². The Morgan fingerprint density at radius 1 is 1.17 bits per heavy atom. The first kappa shape index (κ1) is 15.4. The Labute approximate surface area is 142 Å². The molecule has 2 aromatic rings. The van der Waals surface area contributed by atoms with Gasteiger partial charge in [-0.05, 0) is 32.3 Å². The van der Waals surface area contributed by atoms with Crippen molar-refractivity contribution in [2.24, 2.45) is 0 Å². The van der Waals surface area contributed by atoms with Gasteiger partial charge in [-0.15, -0.1) is 0 Å². The first-order valence-electron chi connectivity index (χ1n) is 8.68. The van der Waals surface area contributed by atoms with Crippen molar-refractivity contribution in [2.75, 3.05) is 19.6 Å². The van der Waals surface area contributed by atoms with Gasteiger partial charge in [-0.3, -0.25) is 9.69 Å². The quantitative estimate of drug-likeness (QED) is 0.870. The minimum Gasteiger partial charge on any atom is -0.361 e. The number of aromatic nitrogens is 1. The Kier molecular flexibility index (Phi) is 3.88. The molecule has 2 fully saturated rings. The van der Waals surface area contributed by atoms with Crippen LogP contribution in [-0.2, 0) is 0 Å². The molecule has 1 amide bonds. The van der Waals surface area contributed by atoms with Gasteiger partial charge in [0.15, 0.2) is 0 Å². The molecule has 1 saturated heterocycles. The van der Waals surface area contributed by atoms with Crippen molar-refractivity contribution in [3.05, 3.63) is 52.9 Å². The molecule has 2 heterocycles. The lowest BCUT2D eigenvalue weighted by Crippen LogP contribution is -2.51. The average molecular weight is 325 g/mol. The van der Waals surface area contributed by atoms with E-state index < -0.39 is 0 Å². The molecular weight excluding hydrogens is 302 g/mol. The van der Waals surface area contributed by atoms with Crippen LogP contribution in [0.5, 0.6) is 0 Å². The molecule has 0 spiro atoms. The maximum Gasteiger partial charge on any atom is 0.259 e. The molecule has 5 heteroatoms. The summed E-state index contributed by atoms with van der Waals surface area (Å²) in [4.78, 5) is 17.7. The molecular formula is C19H23N3O2. The molecule has 1 aromatic heterocycles. The second kappa shape index (κ2) is 6.06. The maximum atomic E-state index is 13.2. The van der Waals surface area contributed by atoms with Crippen molar-refractivity contribution in [2.45, 2.75) is 38.8 Å². The lowest BCUT2D eigenvalue weighted by Gasteiger charge is -2.42. The standard InChI is InChI=1S/C19H23N3O2/c1-13-18(14(2)24-20-13)19(23)22-11-10-21(16-8-9-16)12-17(22)15-6-4-3-5-7-15/h3-7,16-17H,8-12H2,1-2H3. The molecule has 5 nitrogen and oxygen atoms in total. The highest BCUT2D eigenvalue weighted by atomic mass is 16.5. The smallest absolute Gasteiger partial charge is 0.259 e. The first-order chi connectivity index (χ1) is 11.6. The number of aryl methyl sites for hydroxylation is 2. The van der Waals surface area contributed by atoms with Crippen LogP contribution in [0.3, 0.4) is 0 Å². The fraction of sp³-hybridized carbons (Fsp3) is 0.474. The van der Waals surface area contributed by atoms with E-state index in [1.54, 1.807) is 0 Å². The van der Waals surface area contributed by atoms with Crippen molar-refractivity contribution < 1.29 is 9.32 Å². The van der Waals surface area contributed by atoms with E-state index in [0.29, 0.717) is 23.1 Å². The number of rotatable bonds is 3. The number of hydrogen-bond acceptors (Lipinski definition) is 4. The number of amides is 1. The SMILES string of the molecule is Cc1noc(C)c1C(=O)N1CCN(C2CC2)CC1c1ccccc1. The van der Waals surface area contributed by atoms with E-state index in [1.165, 1.54) is 18.4 Å². The van der Waals surface area contributed by atoms with E-state index in [1.807, 2.05) is 36.9 Å². The summed E-state index contributed by atoms with van der Waals surface area (Å²) in [5.41, 5.74) is 2.49. The predicted octanol–water partition coefficient (Wildman–Crippen LogP) is 2.95. The fourth-order valence-corrected chi connectivity index (χ4v) is 3.71. The molecule has 1 aromatic carbocycles. The predicted molar refractivity (Wildman–Crippen MR) is 90.8 cm³/mol. The zero-order valence-electron chi connectivity index (χ0n) is 14.2. The van der Waals surface area contributed by atoms with Crippen LogP contribution in [0.1, 0.15) is 46.3 Å². The summed E-state index contributed by atoms with van der Waals surface area (Å²) in [7, 11) is 0. The lowest BCUT2D eigenvalue weighted by atomic mass is 10.0. The first-order valence-corrected chi connectivity index (χ1v) is 8.68. The normalized spacial score (nSPS) is 21.9. The van der Waals surface area contributed by atoms with Crippen LogP contribution in [0.2, 0.25) is 0 Å². The minimum atomic E-state index is 0.0375. The number of carbonyl (C=O) groups excluding carboxylic acids is 1. The Morgan fingerprint density at radius 3 is 2.54 bits per heavy atom. The van der Waals surface area contributed by atoms with Gasteiger partial charge < -0.3 is 9.42 Å². The third kappa shape index (κ3) is 2.73. The molecule has 0 bridgehead atoms. The van der Waals surface area contributed by atoms with Crippen molar-refractivity contribution in [3.63, 3.8) is 0 Å². The summed E-state index contributed by atoms with van der Waals surface area (Å²) in [6.45, 7) is 6.25. The van der Waals surface area contributed by atoms with E-state index in [2.05, 4.69) is 22.2 Å². The molecule has 1 aliphatic heterocycles. The van der Waals surface area contributed by atoms with Gasteiger partial charge in [-0.2, -0.15) is 0 Å². The molecule has 1 saturated carbocycles. The molecule has 4 rings (SSSR count). The summed E-state index contributed by atoms with van der Waals surface area (Å²) < 4.78 is 5.21. The molecule has 2 aliphatic rings. The van der Waals surface area contributed by atoms with Crippen LogP contribution >= 0.6 is 0 Å². The zero-order valence-corrected chi connectivity index (χ0v) is 14.2. The number of nitrogens with zero attached hydrogens (tertiary/aromatic N) is 3. The number of benzene rings is 1. The highest BCUT2D eigenvalue weighted by Gasteiger charge is 2.39. The van der Waals surface area contributed by atoms with Gasteiger partial charge in [0.2, 0.25) is 0 Å². The van der Waals surface area contributed by atoms with Gasteiger partial charge in [0.05, 0.1) is 11.7 Å². The topological polar surface area (TPSA) is 49.6 Å². The van der Waals surface area contributed by atoms with Gasteiger partial charge in [0.1, 0.15) is 11.3 Å². The Bertz CT molecular complexity index is 717. The Balaban J connectivity index is 1.65. The van der Waals surface area contributed by atoms with Crippen molar-refractivity contribution in [3.8, 4) is 0 Å². The Morgan fingerprint density at radius 2 is 1.92 bits per heavy atom.